The van der Waals surface area contributed by atoms with E-state index in [0.717, 1.165) is 38.5 Å². The van der Waals surface area contributed by atoms with Crippen molar-refractivity contribution in [1.29, 1.82) is 0 Å². The van der Waals surface area contributed by atoms with Crippen LogP contribution in [0.1, 0.15) is 115 Å². The number of rotatable bonds is 18. The zero-order valence-electron chi connectivity index (χ0n) is 32.1. The molecule has 0 fully saturated rings. The first-order valence-electron chi connectivity index (χ1n) is 18.8. The van der Waals surface area contributed by atoms with Crippen LogP contribution in [0.4, 0.5) is 0 Å². The van der Waals surface area contributed by atoms with Crippen LogP contribution in [-0.4, -0.2) is 48.2 Å². The highest BCUT2D eigenvalue weighted by molar-refractivity contribution is 5.80. The van der Waals surface area contributed by atoms with Gasteiger partial charge in [-0.2, -0.15) is 0 Å². The number of hydrogen-bond acceptors (Lipinski definition) is 12. The Hall–Kier alpha value is -5.52. The fraction of sp³-hybridized carbons (Fsp3) is 0.429. The van der Waals surface area contributed by atoms with Crippen molar-refractivity contribution in [2.75, 3.05) is 0 Å². The lowest BCUT2D eigenvalue weighted by Gasteiger charge is -2.16. The van der Waals surface area contributed by atoms with E-state index in [9.17, 15) is 29.7 Å². The minimum absolute atomic E-state index is 0.0108. The lowest BCUT2D eigenvalue weighted by Crippen LogP contribution is -2.09. The molecule has 0 spiro atoms. The Morgan fingerprint density at radius 3 is 0.963 bits per heavy atom. The van der Waals surface area contributed by atoms with Gasteiger partial charge >= 0.3 is 17.9 Å². The topological polar surface area (TPSA) is 178 Å². The summed E-state index contributed by atoms with van der Waals surface area (Å²) in [6, 6.07) is 9.17. The highest BCUT2D eigenvalue weighted by atomic mass is 16.5. The van der Waals surface area contributed by atoms with E-state index in [2.05, 4.69) is 15.0 Å². The number of carbonyl (C=O) groups excluding carboxylic acids is 3. The van der Waals surface area contributed by atoms with Crippen LogP contribution in [-0.2, 0) is 14.4 Å². The molecule has 0 atom stereocenters. The molecule has 3 aromatic carbocycles. The highest BCUT2D eigenvalue weighted by Gasteiger charge is 2.24. The predicted octanol–water partition coefficient (Wildman–Crippen LogP) is 9.37. The minimum Gasteiger partial charge on any atom is -0.507 e. The standard InChI is InChI=1S/C42H51N3O9/c1-7-10-13-16-34(46)52-31-22-19-28(37(49)25(31)4)40-43-41(29-20-23-32(26(5)38(29)50)53-35(47)17-14-11-8-2)45-42(44-40)30-21-24-33(27(6)39(30)51)54-36(48)18-15-12-9-3/h19-24,49-51H,7-18H2,1-6H3. The molecule has 0 unspecified atom stereocenters. The lowest BCUT2D eigenvalue weighted by atomic mass is 10.0. The number of aromatic nitrogens is 3. The Morgan fingerprint density at radius 1 is 0.463 bits per heavy atom. The summed E-state index contributed by atoms with van der Waals surface area (Å²) in [6.07, 6.45) is 8.37. The van der Waals surface area contributed by atoms with Gasteiger partial charge in [0.2, 0.25) is 0 Å². The summed E-state index contributed by atoms with van der Waals surface area (Å²) in [5.41, 5.74) is 1.37. The van der Waals surface area contributed by atoms with E-state index in [4.69, 9.17) is 14.2 Å². The Labute approximate surface area is 316 Å². The van der Waals surface area contributed by atoms with Gasteiger partial charge in [0.25, 0.3) is 0 Å². The third-order valence-electron chi connectivity index (χ3n) is 9.13. The van der Waals surface area contributed by atoms with Gasteiger partial charge < -0.3 is 29.5 Å². The molecule has 4 rings (SSSR count). The molecule has 0 radical (unpaired) electrons. The van der Waals surface area contributed by atoms with E-state index in [0.29, 0.717) is 19.3 Å². The quantitative estimate of drug-likeness (QED) is 0.0501. The SMILES string of the molecule is CCCCCC(=O)Oc1ccc(-c2nc(-c3ccc(OC(=O)CCCCC)c(C)c3O)nc(-c3ccc(OC(=O)CCCCC)c(C)c3O)n2)c(O)c1C. The highest BCUT2D eigenvalue weighted by Crippen LogP contribution is 2.42. The normalized spacial score (nSPS) is 11.0. The summed E-state index contributed by atoms with van der Waals surface area (Å²) in [7, 11) is 0. The van der Waals surface area contributed by atoms with Crippen molar-refractivity contribution < 1.29 is 43.9 Å². The number of carbonyl (C=O) groups is 3. The van der Waals surface area contributed by atoms with Crippen molar-refractivity contribution in [3.63, 3.8) is 0 Å². The van der Waals surface area contributed by atoms with Crippen LogP contribution in [0.2, 0.25) is 0 Å². The van der Waals surface area contributed by atoms with Crippen LogP contribution in [0.3, 0.4) is 0 Å². The van der Waals surface area contributed by atoms with Crippen LogP contribution in [0.25, 0.3) is 34.2 Å². The van der Waals surface area contributed by atoms with E-state index < -0.39 is 17.9 Å². The zero-order chi connectivity index (χ0) is 39.4. The summed E-state index contributed by atoms with van der Waals surface area (Å²) in [5, 5.41) is 34.2. The second kappa shape index (κ2) is 19.5. The smallest absolute Gasteiger partial charge is 0.311 e. The molecule has 4 aromatic rings. The van der Waals surface area contributed by atoms with E-state index >= 15 is 0 Å². The maximum Gasteiger partial charge on any atom is 0.311 e. The molecule has 0 bridgehead atoms. The zero-order valence-corrected chi connectivity index (χ0v) is 32.1. The molecule has 12 nitrogen and oxygen atoms in total. The largest absolute Gasteiger partial charge is 0.507 e. The van der Waals surface area contributed by atoms with Gasteiger partial charge in [0.15, 0.2) is 17.5 Å². The van der Waals surface area contributed by atoms with Crippen molar-refractivity contribution in [1.82, 2.24) is 15.0 Å². The van der Waals surface area contributed by atoms with E-state index in [-0.39, 0.29) is 105 Å². The first-order chi connectivity index (χ1) is 25.9. The lowest BCUT2D eigenvalue weighted by molar-refractivity contribution is -0.135. The van der Waals surface area contributed by atoms with E-state index in [1.54, 1.807) is 39.0 Å². The third kappa shape index (κ3) is 10.3. The molecule has 0 saturated heterocycles. The van der Waals surface area contributed by atoms with Crippen LogP contribution in [0.15, 0.2) is 36.4 Å². The Morgan fingerprint density at radius 2 is 0.722 bits per heavy atom. The summed E-state index contributed by atoms with van der Waals surface area (Å²) in [6.45, 7) is 10.9. The van der Waals surface area contributed by atoms with Crippen LogP contribution >= 0.6 is 0 Å². The monoisotopic (exact) mass is 741 g/mol. The summed E-state index contributed by atoms with van der Waals surface area (Å²) >= 11 is 0. The molecule has 12 heteroatoms. The minimum atomic E-state index is -0.412. The van der Waals surface area contributed by atoms with Gasteiger partial charge in [-0.15, -0.1) is 0 Å². The van der Waals surface area contributed by atoms with E-state index in [1.165, 1.54) is 18.2 Å². The Bertz CT molecular complexity index is 1740. The first kappa shape index (κ1) is 41.2. The van der Waals surface area contributed by atoms with Crippen molar-refractivity contribution in [2.45, 2.75) is 119 Å². The molecule has 0 saturated carbocycles. The molecule has 1 aromatic heterocycles. The number of nitrogens with zero attached hydrogens (tertiary/aromatic N) is 3. The van der Waals surface area contributed by atoms with Gasteiger partial charge in [-0.3, -0.25) is 14.4 Å². The molecule has 54 heavy (non-hydrogen) atoms. The number of unbranched alkanes of at least 4 members (excludes halogenated alkanes) is 6. The summed E-state index contributed by atoms with van der Waals surface area (Å²) in [5.74, 6) is -1.43. The van der Waals surface area contributed by atoms with Crippen molar-refractivity contribution in [3.05, 3.63) is 53.1 Å². The molecule has 0 aliphatic heterocycles. The molecule has 0 amide bonds. The molecular formula is C42H51N3O9. The number of aromatic hydroxyl groups is 3. The molecule has 0 aliphatic carbocycles. The van der Waals surface area contributed by atoms with Gasteiger partial charge in [0.1, 0.15) is 34.5 Å². The number of esters is 3. The number of hydrogen-bond donors (Lipinski definition) is 3. The maximum absolute atomic E-state index is 12.5. The summed E-state index contributed by atoms with van der Waals surface area (Å²) in [4.78, 5) is 51.3. The second-order valence-corrected chi connectivity index (χ2v) is 13.4. The maximum atomic E-state index is 12.5. The summed E-state index contributed by atoms with van der Waals surface area (Å²) < 4.78 is 16.6. The van der Waals surface area contributed by atoms with Gasteiger partial charge in [-0.05, 0) is 76.4 Å². The van der Waals surface area contributed by atoms with Crippen LogP contribution in [0, 0.1) is 20.8 Å². The van der Waals surface area contributed by atoms with Crippen LogP contribution in [0.5, 0.6) is 34.5 Å². The molecular weight excluding hydrogens is 690 g/mol. The first-order valence-corrected chi connectivity index (χ1v) is 18.8. The Balaban J connectivity index is 1.80. The average Bonchev–Trinajstić information content (AvgIpc) is 3.14. The van der Waals surface area contributed by atoms with Crippen molar-refractivity contribution >= 4 is 17.9 Å². The van der Waals surface area contributed by atoms with Gasteiger partial charge in [0.05, 0.1) is 16.7 Å². The predicted molar refractivity (Wildman–Crippen MR) is 205 cm³/mol. The number of phenols is 3. The van der Waals surface area contributed by atoms with Crippen molar-refractivity contribution in [3.8, 4) is 68.7 Å². The van der Waals surface area contributed by atoms with Gasteiger partial charge in [0, 0.05) is 36.0 Å². The van der Waals surface area contributed by atoms with Gasteiger partial charge in [-0.25, -0.2) is 15.0 Å². The van der Waals surface area contributed by atoms with Crippen molar-refractivity contribution in [2.24, 2.45) is 0 Å². The number of phenolic OH excluding ortho intramolecular Hbond substituents is 3. The number of benzene rings is 3. The third-order valence-corrected chi connectivity index (χ3v) is 9.13. The molecule has 1 heterocycles. The van der Waals surface area contributed by atoms with Crippen LogP contribution < -0.4 is 14.2 Å². The second-order valence-electron chi connectivity index (χ2n) is 13.4. The fourth-order valence-electron chi connectivity index (χ4n) is 5.73. The molecule has 0 aliphatic rings. The van der Waals surface area contributed by atoms with E-state index in [1.807, 2.05) is 20.8 Å². The fourth-order valence-corrected chi connectivity index (χ4v) is 5.73. The Kier molecular flexibility index (Phi) is 14.9. The average molecular weight is 742 g/mol. The molecule has 288 valence electrons. The van der Waals surface area contributed by atoms with Gasteiger partial charge in [-0.1, -0.05) is 59.3 Å². The number of ether oxygens (including phenoxy) is 3. The molecule has 3 N–H and O–H groups in total.